The van der Waals surface area contributed by atoms with Crippen LogP contribution in [0.15, 0.2) is 18.2 Å². The molecule has 1 aromatic rings. The largest absolute Gasteiger partial charge is 0.398 e. The van der Waals surface area contributed by atoms with Crippen molar-refractivity contribution in [1.29, 1.82) is 5.26 Å². The Balaban J connectivity index is 3.01. The third kappa shape index (κ3) is 3.65. The number of rotatable bonds is 4. The second-order valence-corrected chi connectivity index (χ2v) is 4.71. The minimum absolute atomic E-state index is 0.469. The van der Waals surface area contributed by atoms with Gasteiger partial charge in [-0.15, -0.1) is 0 Å². The van der Waals surface area contributed by atoms with E-state index in [-0.39, 0.29) is 0 Å². The fourth-order valence-electron chi connectivity index (χ4n) is 1.69. The summed E-state index contributed by atoms with van der Waals surface area (Å²) >= 11 is 0. The van der Waals surface area contributed by atoms with Crippen LogP contribution in [0, 0.1) is 11.3 Å². The average Bonchev–Trinajstić information content (AvgIpc) is 2.25. The molecule has 0 amide bonds. The van der Waals surface area contributed by atoms with E-state index in [0.717, 1.165) is 12.2 Å². The van der Waals surface area contributed by atoms with Crippen LogP contribution in [0.2, 0.25) is 0 Å². The van der Waals surface area contributed by atoms with Crippen molar-refractivity contribution in [3.05, 3.63) is 23.8 Å². The lowest BCUT2D eigenvalue weighted by molar-refractivity contribution is 0.0876. The molecule has 92 valence electrons. The van der Waals surface area contributed by atoms with E-state index >= 15 is 0 Å². The molecule has 0 heterocycles. The zero-order valence-electron chi connectivity index (χ0n) is 10.6. The van der Waals surface area contributed by atoms with Gasteiger partial charge in [-0.3, -0.25) is 0 Å². The normalized spacial score (nSPS) is 11.0. The summed E-state index contributed by atoms with van der Waals surface area (Å²) in [5.41, 5.74) is 6.76. The molecule has 0 aromatic heterocycles. The van der Waals surface area contributed by atoms with Gasteiger partial charge >= 0.3 is 0 Å². The molecule has 0 atom stereocenters. The number of nitrogen functional groups attached to an aromatic ring is 1. The first-order chi connectivity index (χ1) is 7.87. The van der Waals surface area contributed by atoms with Crippen LogP contribution in [0.3, 0.4) is 0 Å². The average molecular weight is 233 g/mol. The number of benzene rings is 1. The Kier molecular flexibility index (Phi) is 3.97. The molecule has 0 aliphatic heterocycles. The molecule has 1 aromatic carbocycles. The van der Waals surface area contributed by atoms with Crippen molar-refractivity contribution < 1.29 is 5.11 Å². The molecular weight excluding hydrogens is 214 g/mol. The molecule has 0 radical (unpaired) electrons. The van der Waals surface area contributed by atoms with Crippen LogP contribution in [0.25, 0.3) is 0 Å². The van der Waals surface area contributed by atoms with Crippen LogP contribution >= 0.6 is 0 Å². The van der Waals surface area contributed by atoms with E-state index in [9.17, 15) is 5.11 Å². The Morgan fingerprint density at radius 3 is 2.59 bits per heavy atom. The Labute approximate surface area is 102 Å². The van der Waals surface area contributed by atoms with E-state index in [1.165, 1.54) is 0 Å². The molecular formula is C13H19N3O. The van der Waals surface area contributed by atoms with Crippen LogP contribution in [0.5, 0.6) is 0 Å². The predicted molar refractivity (Wildman–Crippen MR) is 69.8 cm³/mol. The zero-order valence-corrected chi connectivity index (χ0v) is 10.6. The van der Waals surface area contributed by atoms with Gasteiger partial charge in [0, 0.05) is 24.5 Å². The van der Waals surface area contributed by atoms with Gasteiger partial charge in [-0.25, -0.2) is 0 Å². The molecule has 0 unspecified atom stereocenters. The van der Waals surface area contributed by atoms with Crippen molar-refractivity contribution in [3.63, 3.8) is 0 Å². The Morgan fingerprint density at radius 2 is 2.12 bits per heavy atom. The van der Waals surface area contributed by atoms with E-state index in [1.54, 1.807) is 26.0 Å². The van der Waals surface area contributed by atoms with Crippen molar-refractivity contribution in [3.8, 4) is 6.07 Å². The highest BCUT2D eigenvalue weighted by atomic mass is 16.3. The standard InChI is InChI=1S/C13H19N3O/c1-4-16(9-13(2,3)17)11-5-6-12(15)10(7-11)8-14/h5-7,17H,4,9,15H2,1-3H3. The fraction of sp³-hybridized carbons (Fsp3) is 0.462. The third-order valence-corrected chi connectivity index (χ3v) is 2.48. The molecule has 3 N–H and O–H groups in total. The van der Waals surface area contributed by atoms with Crippen LogP contribution < -0.4 is 10.6 Å². The van der Waals surface area contributed by atoms with Crippen molar-refractivity contribution in [2.75, 3.05) is 23.7 Å². The number of likely N-dealkylation sites (N-methyl/N-ethyl adjacent to an activating group) is 1. The van der Waals surface area contributed by atoms with Gasteiger partial charge in [0.1, 0.15) is 6.07 Å². The minimum Gasteiger partial charge on any atom is -0.398 e. The summed E-state index contributed by atoms with van der Waals surface area (Å²) in [6.07, 6.45) is 0. The molecule has 0 aliphatic carbocycles. The van der Waals surface area contributed by atoms with E-state index in [0.29, 0.717) is 17.8 Å². The minimum atomic E-state index is -0.774. The maximum atomic E-state index is 9.83. The third-order valence-electron chi connectivity index (χ3n) is 2.48. The molecule has 4 heteroatoms. The van der Waals surface area contributed by atoms with E-state index in [2.05, 4.69) is 6.07 Å². The summed E-state index contributed by atoms with van der Waals surface area (Å²) in [5.74, 6) is 0. The van der Waals surface area contributed by atoms with Crippen molar-refractivity contribution in [2.24, 2.45) is 0 Å². The van der Waals surface area contributed by atoms with Crippen LogP contribution in [-0.4, -0.2) is 23.8 Å². The van der Waals surface area contributed by atoms with Gasteiger partial charge in [-0.1, -0.05) is 0 Å². The Morgan fingerprint density at radius 1 is 1.47 bits per heavy atom. The molecule has 0 spiro atoms. The molecule has 0 saturated heterocycles. The van der Waals surface area contributed by atoms with E-state index in [1.807, 2.05) is 17.9 Å². The van der Waals surface area contributed by atoms with Crippen LogP contribution in [0.4, 0.5) is 11.4 Å². The maximum absolute atomic E-state index is 9.83. The van der Waals surface area contributed by atoms with Crippen LogP contribution in [-0.2, 0) is 0 Å². The number of anilines is 2. The highest BCUT2D eigenvalue weighted by Gasteiger charge is 2.18. The molecule has 17 heavy (non-hydrogen) atoms. The Hall–Kier alpha value is -1.73. The van der Waals surface area contributed by atoms with Gasteiger partial charge in [0.2, 0.25) is 0 Å². The number of aliphatic hydroxyl groups is 1. The number of hydrogen-bond acceptors (Lipinski definition) is 4. The van der Waals surface area contributed by atoms with Gasteiger partial charge in [0.15, 0.2) is 0 Å². The number of nitrogens with zero attached hydrogens (tertiary/aromatic N) is 2. The van der Waals surface area contributed by atoms with E-state index in [4.69, 9.17) is 11.0 Å². The van der Waals surface area contributed by atoms with E-state index < -0.39 is 5.60 Å². The lowest BCUT2D eigenvalue weighted by atomic mass is 10.1. The quantitative estimate of drug-likeness (QED) is 0.777. The number of hydrogen-bond donors (Lipinski definition) is 2. The highest BCUT2D eigenvalue weighted by molar-refractivity contribution is 5.62. The van der Waals surface area contributed by atoms with Crippen LogP contribution in [0.1, 0.15) is 26.3 Å². The lowest BCUT2D eigenvalue weighted by Crippen LogP contribution is -2.38. The summed E-state index contributed by atoms with van der Waals surface area (Å²) < 4.78 is 0. The second-order valence-electron chi connectivity index (χ2n) is 4.71. The van der Waals surface area contributed by atoms with Crippen molar-refractivity contribution in [1.82, 2.24) is 0 Å². The Bertz CT molecular complexity index is 429. The molecule has 0 bridgehead atoms. The fourth-order valence-corrected chi connectivity index (χ4v) is 1.69. The van der Waals surface area contributed by atoms with Crippen molar-refractivity contribution in [2.45, 2.75) is 26.4 Å². The molecule has 0 saturated carbocycles. The molecule has 1 rings (SSSR count). The maximum Gasteiger partial charge on any atom is 0.101 e. The van der Waals surface area contributed by atoms with Gasteiger partial charge in [-0.2, -0.15) is 5.26 Å². The van der Waals surface area contributed by atoms with Gasteiger partial charge in [-0.05, 0) is 39.0 Å². The summed E-state index contributed by atoms with van der Waals surface area (Å²) in [5, 5.41) is 18.8. The second kappa shape index (κ2) is 5.07. The van der Waals surface area contributed by atoms with Gasteiger partial charge in [0.25, 0.3) is 0 Å². The number of nitrogens with two attached hydrogens (primary N) is 1. The lowest BCUT2D eigenvalue weighted by Gasteiger charge is -2.30. The SMILES string of the molecule is CCN(CC(C)(C)O)c1ccc(N)c(C#N)c1. The summed E-state index contributed by atoms with van der Waals surface area (Å²) in [7, 11) is 0. The van der Waals surface area contributed by atoms with Crippen molar-refractivity contribution >= 4 is 11.4 Å². The topological polar surface area (TPSA) is 73.3 Å². The summed E-state index contributed by atoms with van der Waals surface area (Å²) in [6.45, 7) is 6.81. The first-order valence-electron chi connectivity index (χ1n) is 5.64. The number of nitriles is 1. The predicted octanol–water partition coefficient (Wildman–Crippen LogP) is 1.74. The zero-order chi connectivity index (χ0) is 13.1. The highest BCUT2D eigenvalue weighted by Crippen LogP contribution is 2.22. The molecule has 0 aliphatic rings. The first kappa shape index (κ1) is 13.3. The monoisotopic (exact) mass is 233 g/mol. The summed E-state index contributed by atoms with van der Waals surface area (Å²) in [4.78, 5) is 2.01. The molecule has 4 nitrogen and oxygen atoms in total. The summed E-state index contributed by atoms with van der Waals surface area (Å²) in [6, 6.07) is 7.41. The van der Waals surface area contributed by atoms with Gasteiger partial charge in [0.05, 0.1) is 11.2 Å². The molecule has 0 fully saturated rings. The van der Waals surface area contributed by atoms with Gasteiger partial charge < -0.3 is 15.7 Å². The smallest absolute Gasteiger partial charge is 0.101 e. The first-order valence-corrected chi connectivity index (χ1v) is 5.64.